The Morgan fingerprint density at radius 1 is 1.14 bits per heavy atom. The molecule has 0 saturated heterocycles. The lowest BCUT2D eigenvalue weighted by Gasteiger charge is -2.14. The Labute approximate surface area is 118 Å². The molecule has 7 heteroatoms. The lowest BCUT2D eigenvalue weighted by Crippen LogP contribution is -2.24. The standard InChI is InChI=1S/C14H10FN3O3/c1-6-4-7(15)2-3-9(6)18-10(19)5-8-11(12(18)16)14(21)17-13(8)20/h2-5H,16H2,1H3,(H,17,20,21). The number of nitrogens with one attached hydrogen (secondary N) is 1. The molecule has 0 unspecified atom stereocenters. The highest BCUT2D eigenvalue weighted by Gasteiger charge is 2.31. The first-order valence-electron chi connectivity index (χ1n) is 6.08. The second kappa shape index (κ2) is 4.27. The first-order chi connectivity index (χ1) is 9.90. The van der Waals surface area contributed by atoms with Crippen LogP contribution in [0.4, 0.5) is 10.2 Å². The van der Waals surface area contributed by atoms with Crippen molar-refractivity contribution >= 4 is 17.6 Å². The molecule has 2 aromatic rings. The number of imide groups is 1. The molecule has 1 aliphatic heterocycles. The molecule has 0 spiro atoms. The van der Waals surface area contributed by atoms with Crippen molar-refractivity contribution in [2.75, 3.05) is 5.73 Å². The van der Waals surface area contributed by atoms with Gasteiger partial charge < -0.3 is 5.73 Å². The summed E-state index contributed by atoms with van der Waals surface area (Å²) in [5, 5.41) is 2.08. The second-order valence-corrected chi connectivity index (χ2v) is 4.71. The molecule has 0 bridgehead atoms. The van der Waals surface area contributed by atoms with E-state index in [-0.39, 0.29) is 16.9 Å². The van der Waals surface area contributed by atoms with Crippen LogP contribution in [0.5, 0.6) is 0 Å². The van der Waals surface area contributed by atoms with E-state index in [4.69, 9.17) is 5.73 Å². The van der Waals surface area contributed by atoms with Gasteiger partial charge in [0.15, 0.2) is 0 Å². The number of anilines is 1. The lowest BCUT2D eigenvalue weighted by molar-refractivity contribution is 0.0880. The van der Waals surface area contributed by atoms with Crippen molar-refractivity contribution in [3.63, 3.8) is 0 Å². The number of carbonyl (C=O) groups excluding carboxylic acids is 2. The van der Waals surface area contributed by atoms with Crippen molar-refractivity contribution in [2.24, 2.45) is 0 Å². The van der Waals surface area contributed by atoms with Gasteiger partial charge in [0.2, 0.25) is 0 Å². The Balaban J connectivity index is 2.35. The molecule has 3 rings (SSSR count). The average Bonchev–Trinajstić information content (AvgIpc) is 2.67. The number of rotatable bonds is 1. The second-order valence-electron chi connectivity index (χ2n) is 4.71. The predicted octanol–water partition coefficient (Wildman–Crippen LogP) is 0.751. The number of nitrogens with zero attached hydrogens (tertiary/aromatic N) is 1. The molecular weight excluding hydrogens is 277 g/mol. The molecule has 0 aliphatic carbocycles. The van der Waals surface area contributed by atoms with Gasteiger partial charge in [0.25, 0.3) is 17.4 Å². The highest BCUT2D eigenvalue weighted by molar-refractivity contribution is 6.23. The smallest absolute Gasteiger partial charge is 0.262 e. The molecule has 0 saturated carbocycles. The van der Waals surface area contributed by atoms with E-state index in [9.17, 15) is 18.8 Å². The fourth-order valence-electron chi connectivity index (χ4n) is 2.40. The topological polar surface area (TPSA) is 94.2 Å². The third-order valence-corrected chi connectivity index (χ3v) is 3.35. The maximum absolute atomic E-state index is 13.2. The maximum atomic E-state index is 13.2. The van der Waals surface area contributed by atoms with Gasteiger partial charge in [-0.25, -0.2) is 4.39 Å². The van der Waals surface area contributed by atoms with Crippen molar-refractivity contribution in [3.8, 4) is 5.69 Å². The lowest BCUT2D eigenvalue weighted by atomic mass is 10.1. The summed E-state index contributed by atoms with van der Waals surface area (Å²) < 4.78 is 14.3. The molecule has 2 heterocycles. The Kier molecular flexibility index (Phi) is 2.65. The molecule has 3 N–H and O–H groups in total. The van der Waals surface area contributed by atoms with E-state index in [1.54, 1.807) is 6.92 Å². The number of aryl methyl sites for hydroxylation is 1. The van der Waals surface area contributed by atoms with Gasteiger partial charge in [0.1, 0.15) is 11.6 Å². The van der Waals surface area contributed by atoms with Gasteiger partial charge in [-0.1, -0.05) is 0 Å². The van der Waals surface area contributed by atoms with Crippen LogP contribution in [0.1, 0.15) is 26.3 Å². The highest BCUT2D eigenvalue weighted by Crippen LogP contribution is 2.24. The molecule has 2 amide bonds. The normalized spacial score (nSPS) is 13.2. The summed E-state index contributed by atoms with van der Waals surface area (Å²) in [5.74, 6) is -1.89. The summed E-state index contributed by atoms with van der Waals surface area (Å²) >= 11 is 0. The third kappa shape index (κ3) is 1.82. The van der Waals surface area contributed by atoms with Gasteiger partial charge in [-0.05, 0) is 30.7 Å². The molecule has 1 aromatic carbocycles. The van der Waals surface area contributed by atoms with Crippen LogP contribution >= 0.6 is 0 Å². The van der Waals surface area contributed by atoms with E-state index in [1.807, 2.05) is 0 Å². The third-order valence-electron chi connectivity index (χ3n) is 3.35. The minimum absolute atomic E-state index is 0.0386. The van der Waals surface area contributed by atoms with E-state index < -0.39 is 23.2 Å². The number of nitrogen functional groups attached to an aromatic ring is 1. The Bertz CT molecular complexity index is 870. The number of fused-ring (bicyclic) bond motifs is 1. The van der Waals surface area contributed by atoms with E-state index >= 15 is 0 Å². The van der Waals surface area contributed by atoms with E-state index in [0.717, 1.165) is 10.6 Å². The minimum Gasteiger partial charge on any atom is -0.384 e. The molecule has 21 heavy (non-hydrogen) atoms. The summed E-state index contributed by atoms with van der Waals surface area (Å²) in [7, 11) is 0. The number of benzene rings is 1. The zero-order chi connectivity index (χ0) is 15.3. The van der Waals surface area contributed by atoms with E-state index in [0.29, 0.717) is 11.3 Å². The minimum atomic E-state index is -0.652. The monoisotopic (exact) mass is 287 g/mol. The van der Waals surface area contributed by atoms with Gasteiger partial charge in [0.05, 0.1) is 16.8 Å². The number of amides is 2. The zero-order valence-corrected chi connectivity index (χ0v) is 10.9. The maximum Gasteiger partial charge on any atom is 0.262 e. The van der Waals surface area contributed by atoms with Gasteiger partial charge >= 0.3 is 0 Å². The fraction of sp³-hybridized carbons (Fsp3) is 0.0714. The fourth-order valence-corrected chi connectivity index (χ4v) is 2.40. The van der Waals surface area contributed by atoms with Crippen molar-refractivity contribution in [2.45, 2.75) is 6.92 Å². The zero-order valence-electron chi connectivity index (χ0n) is 10.9. The number of nitrogens with two attached hydrogens (primary N) is 1. The number of aromatic nitrogens is 1. The van der Waals surface area contributed by atoms with Crippen molar-refractivity contribution in [1.82, 2.24) is 9.88 Å². The van der Waals surface area contributed by atoms with Gasteiger partial charge in [-0.3, -0.25) is 24.3 Å². The SMILES string of the molecule is Cc1cc(F)ccc1-n1c(N)c2c(cc1=O)C(=O)NC2=O. The summed E-state index contributed by atoms with van der Waals surface area (Å²) in [4.78, 5) is 35.5. The van der Waals surface area contributed by atoms with Crippen LogP contribution in [0, 0.1) is 12.7 Å². The Morgan fingerprint density at radius 2 is 1.86 bits per heavy atom. The number of hydrogen-bond acceptors (Lipinski definition) is 4. The van der Waals surface area contributed by atoms with Crippen LogP contribution in [-0.4, -0.2) is 16.4 Å². The molecule has 0 atom stereocenters. The number of pyridine rings is 1. The average molecular weight is 287 g/mol. The highest BCUT2D eigenvalue weighted by atomic mass is 19.1. The predicted molar refractivity (Wildman–Crippen MR) is 72.9 cm³/mol. The van der Waals surface area contributed by atoms with Gasteiger partial charge in [0, 0.05) is 6.07 Å². The number of hydrogen-bond donors (Lipinski definition) is 2. The largest absolute Gasteiger partial charge is 0.384 e. The summed E-state index contributed by atoms with van der Waals surface area (Å²) in [6, 6.07) is 4.88. The van der Waals surface area contributed by atoms with Crippen LogP contribution in [0.25, 0.3) is 5.69 Å². The van der Waals surface area contributed by atoms with E-state index in [2.05, 4.69) is 5.32 Å². The van der Waals surface area contributed by atoms with E-state index in [1.165, 1.54) is 18.2 Å². The molecule has 1 aromatic heterocycles. The summed E-state index contributed by atoms with van der Waals surface area (Å²) in [6.07, 6.45) is 0. The molecule has 0 radical (unpaired) electrons. The molecule has 106 valence electrons. The van der Waals surface area contributed by atoms with Crippen molar-refractivity contribution in [3.05, 3.63) is 57.1 Å². The van der Waals surface area contributed by atoms with Crippen LogP contribution in [0.2, 0.25) is 0 Å². The van der Waals surface area contributed by atoms with Crippen LogP contribution in [0.15, 0.2) is 29.1 Å². The van der Waals surface area contributed by atoms with Crippen molar-refractivity contribution < 1.29 is 14.0 Å². The molecular formula is C14H10FN3O3. The van der Waals surface area contributed by atoms with Gasteiger partial charge in [-0.2, -0.15) is 0 Å². The summed E-state index contributed by atoms with van der Waals surface area (Å²) in [6.45, 7) is 1.61. The Hall–Kier alpha value is -2.96. The molecule has 0 fully saturated rings. The number of halogens is 1. The Morgan fingerprint density at radius 3 is 2.52 bits per heavy atom. The summed E-state index contributed by atoms with van der Waals surface area (Å²) in [5.41, 5.74) is 6.07. The van der Waals surface area contributed by atoms with Crippen molar-refractivity contribution in [1.29, 1.82) is 0 Å². The number of carbonyl (C=O) groups is 2. The molecule has 6 nitrogen and oxygen atoms in total. The van der Waals surface area contributed by atoms with Crippen LogP contribution in [-0.2, 0) is 0 Å². The quantitative estimate of drug-likeness (QED) is 0.757. The first-order valence-corrected chi connectivity index (χ1v) is 6.08. The van der Waals surface area contributed by atoms with Gasteiger partial charge in [-0.15, -0.1) is 0 Å². The van der Waals surface area contributed by atoms with Crippen LogP contribution in [0.3, 0.4) is 0 Å². The molecule has 1 aliphatic rings. The van der Waals surface area contributed by atoms with Crippen LogP contribution < -0.4 is 16.6 Å². The first kappa shape index (κ1) is 13.0.